The van der Waals surface area contributed by atoms with Gasteiger partial charge in [-0.3, -0.25) is 0 Å². The van der Waals surface area contributed by atoms with E-state index in [-0.39, 0.29) is 11.9 Å². The summed E-state index contributed by atoms with van der Waals surface area (Å²) in [5.41, 5.74) is 10.9. The molecule has 1 aromatic heterocycles. The number of anilines is 3. The van der Waals surface area contributed by atoms with Crippen molar-refractivity contribution in [3.63, 3.8) is 0 Å². The Morgan fingerprint density at radius 1 is 0.900 bits per heavy atom. The number of rotatable bonds is 11. The van der Waals surface area contributed by atoms with Crippen molar-refractivity contribution >= 4 is 17.8 Å². The average molecular weight is 286 g/mol. The smallest absolute Gasteiger partial charge is 0.229 e. The lowest BCUT2D eigenvalue weighted by Gasteiger charge is -2.07. The molecule has 9 nitrogen and oxygen atoms in total. The zero-order chi connectivity index (χ0) is 14.6. The van der Waals surface area contributed by atoms with Gasteiger partial charge in [0.05, 0.1) is 26.4 Å². The van der Waals surface area contributed by atoms with Gasteiger partial charge in [0.2, 0.25) is 17.8 Å². The van der Waals surface area contributed by atoms with E-state index in [0.29, 0.717) is 45.5 Å². The summed E-state index contributed by atoms with van der Waals surface area (Å²) in [5, 5.41) is 3.00. The first-order chi connectivity index (χ1) is 9.72. The zero-order valence-corrected chi connectivity index (χ0v) is 11.7. The maximum absolute atomic E-state index is 5.45. The fourth-order valence-corrected chi connectivity index (χ4v) is 1.33. The summed E-state index contributed by atoms with van der Waals surface area (Å²) >= 11 is 0. The number of methoxy groups -OCH3 is 1. The van der Waals surface area contributed by atoms with E-state index in [2.05, 4.69) is 20.3 Å². The van der Waals surface area contributed by atoms with Gasteiger partial charge >= 0.3 is 0 Å². The minimum atomic E-state index is 0.101. The minimum Gasteiger partial charge on any atom is -0.382 e. The van der Waals surface area contributed by atoms with Crippen molar-refractivity contribution in [3.05, 3.63) is 0 Å². The molecule has 0 saturated heterocycles. The van der Waals surface area contributed by atoms with Gasteiger partial charge in [0.25, 0.3) is 0 Å². The third-order valence-corrected chi connectivity index (χ3v) is 2.22. The third kappa shape index (κ3) is 7.67. The predicted octanol–water partition coefficient (Wildman–Crippen LogP) is -0.482. The minimum absolute atomic E-state index is 0.101. The Morgan fingerprint density at radius 3 is 2.15 bits per heavy atom. The van der Waals surface area contributed by atoms with Gasteiger partial charge in [0, 0.05) is 20.3 Å². The lowest BCUT2D eigenvalue weighted by Crippen LogP contribution is -2.13. The molecule has 0 amide bonds. The highest BCUT2D eigenvalue weighted by Gasteiger charge is 2.00. The molecule has 0 saturated carbocycles. The van der Waals surface area contributed by atoms with E-state index < -0.39 is 0 Å². The monoisotopic (exact) mass is 286 g/mol. The quantitative estimate of drug-likeness (QED) is 0.461. The lowest BCUT2D eigenvalue weighted by molar-refractivity contribution is 0.0248. The van der Waals surface area contributed by atoms with Gasteiger partial charge in [-0.2, -0.15) is 15.0 Å². The molecule has 0 unspecified atom stereocenters. The number of hydrogen-bond donors (Lipinski definition) is 3. The molecule has 0 aliphatic heterocycles. The summed E-state index contributed by atoms with van der Waals surface area (Å²) in [6.07, 6.45) is 0.809. The van der Waals surface area contributed by atoms with Crippen LogP contribution in [-0.4, -0.2) is 61.6 Å². The summed E-state index contributed by atoms with van der Waals surface area (Å²) in [5.74, 6) is 0.576. The van der Waals surface area contributed by atoms with E-state index in [1.165, 1.54) is 0 Å². The molecule has 0 spiro atoms. The topological polar surface area (TPSA) is 130 Å². The van der Waals surface area contributed by atoms with E-state index in [0.717, 1.165) is 6.42 Å². The molecular formula is C11H22N6O3. The van der Waals surface area contributed by atoms with Crippen LogP contribution in [0.1, 0.15) is 6.42 Å². The van der Waals surface area contributed by atoms with Gasteiger partial charge in [0.15, 0.2) is 0 Å². The third-order valence-electron chi connectivity index (χ3n) is 2.22. The van der Waals surface area contributed by atoms with Gasteiger partial charge in [0.1, 0.15) is 0 Å². The highest BCUT2D eigenvalue weighted by molar-refractivity contribution is 5.36. The molecule has 1 rings (SSSR count). The van der Waals surface area contributed by atoms with E-state index in [1.807, 2.05) is 0 Å². The van der Waals surface area contributed by atoms with Gasteiger partial charge in [-0.25, -0.2) is 0 Å². The van der Waals surface area contributed by atoms with Crippen molar-refractivity contribution < 1.29 is 14.2 Å². The first kappa shape index (κ1) is 16.3. The number of hydrogen-bond acceptors (Lipinski definition) is 9. The molecule has 114 valence electrons. The van der Waals surface area contributed by atoms with Crippen molar-refractivity contribution in [2.24, 2.45) is 0 Å². The molecule has 0 atom stereocenters. The maximum atomic E-state index is 5.45. The molecule has 0 aliphatic carbocycles. The zero-order valence-electron chi connectivity index (χ0n) is 11.7. The van der Waals surface area contributed by atoms with E-state index >= 15 is 0 Å². The van der Waals surface area contributed by atoms with Crippen molar-refractivity contribution in [1.82, 2.24) is 15.0 Å². The van der Waals surface area contributed by atoms with Crippen LogP contribution in [0.5, 0.6) is 0 Å². The first-order valence-electron chi connectivity index (χ1n) is 6.37. The standard InChI is InChI=1S/C11H22N6O3/c1-18-5-6-20-8-7-19-4-2-3-14-11-16-9(12)15-10(13)17-11/h2-8H2,1H3,(H5,12,13,14,15,16,17). The summed E-state index contributed by atoms with van der Waals surface area (Å²) in [6.45, 7) is 3.60. The van der Waals surface area contributed by atoms with Crippen LogP contribution in [0.25, 0.3) is 0 Å². The van der Waals surface area contributed by atoms with Crippen molar-refractivity contribution in [2.45, 2.75) is 6.42 Å². The number of nitrogen functional groups attached to an aromatic ring is 2. The molecular weight excluding hydrogens is 264 g/mol. The van der Waals surface area contributed by atoms with E-state index in [1.54, 1.807) is 7.11 Å². The number of ether oxygens (including phenoxy) is 3. The van der Waals surface area contributed by atoms with Gasteiger partial charge in [-0.05, 0) is 6.42 Å². The fourth-order valence-electron chi connectivity index (χ4n) is 1.33. The highest BCUT2D eigenvalue weighted by atomic mass is 16.5. The van der Waals surface area contributed by atoms with Crippen LogP contribution in [0.15, 0.2) is 0 Å². The predicted molar refractivity (Wildman–Crippen MR) is 75.3 cm³/mol. The van der Waals surface area contributed by atoms with Crippen LogP contribution in [0.4, 0.5) is 17.8 Å². The lowest BCUT2D eigenvalue weighted by atomic mass is 10.4. The van der Waals surface area contributed by atoms with Crippen LogP contribution >= 0.6 is 0 Å². The Kier molecular flexibility index (Phi) is 8.27. The second-order valence-corrected chi connectivity index (χ2v) is 3.87. The van der Waals surface area contributed by atoms with Crippen LogP contribution in [0, 0.1) is 0 Å². The largest absolute Gasteiger partial charge is 0.382 e. The fraction of sp³-hybridized carbons (Fsp3) is 0.727. The highest BCUT2D eigenvalue weighted by Crippen LogP contribution is 2.03. The van der Waals surface area contributed by atoms with Crippen LogP contribution in [-0.2, 0) is 14.2 Å². The molecule has 0 radical (unpaired) electrons. The van der Waals surface area contributed by atoms with E-state index in [9.17, 15) is 0 Å². The normalized spacial score (nSPS) is 10.7. The number of nitrogens with zero attached hydrogens (tertiary/aromatic N) is 3. The Labute approximate surface area is 118 Å². The molecule has 20 heavy (non-hydrogen) atoms. The van der Waals surface area contributed by atoms with E-state index in [4.69, 9.17) is 25.7 Å². The number of nitrogens with two attached hydrogens (primary N) is 2. The van der Waals surface area contributed by atoms with Gasteiger partial charge in [-0.15, -0.1) is 0 Å². The summed E-state index contributed by atoms with van der Waals surface area (Å²) < 4.78 is 15.5. The Balaban J connectivity index is 1.97. The van der Waals surface area contributed by atoms with Gasteiger partial charge in [-0.1, -0.05) is 0 Å². The maximum Gasteiger partial charge on any atom is 0.229 e. The molecule has 0 aromatic carbocycles. The Hall–Kier alpha value is -1.71. The van der Waals surface area contributed by atoms with Crippen LogP contribution < -0.4 is 16.8 Å². The molecule has 0 fully saturated rings. The summed E-state index contributed by atoms with van der Waals surface area (Å²) in [4.78, 5) is 11.5. The van der Waals surface area contributed by atoms with Crippen molar-refractivity contribution in [2.75, 3.05) is 63.5 Å². The summed E-state index contributed by atoms with van der Waals surface area (Å²) in [7, 11) is 1.64. The first-order valence-corrected chi connectivity index (χ1v) is 6.37. The Bertz CT molecular complexity index is 359. The van der Waals surface area contributed by atoms with Crippen molar-refractivity contribution in [1.29, 1.82) is 0 Å². The van der Waals surface area contributed by atoms with Crippen molar-refractivity contribution in [3.8, 4) is 0 Å². The number of nitrogens with one attached hydrogen (secondary N) is 1. The molecule has 1 heterocycles. The summed E-state index contributed by atoms with van der Waals surface area (Å²) in [6, 6.07) is 0. The Morgan fingerprint density at radius 2 is 1.50 bits per heavy atom. The molecule has 0 bridgehead atoms. The second-order valence-electron chi connectivity index (χ2n) is 3.87. The SMILES string of the molecule is COCCOCCOCCCNc1nc(N)nc(N)n1. The van der Waals surface area contributed by atoms with Crippen LogP contribution in [0.3, 0.4) is 0 Å². The van der Waals surface area contributed by atoms with Crippen LogP contribution in [0.2, 0.25) is 0 Å². The van der Waals surface area contributed by atoms with Gasteiger partial charge < -0.3 is 31.0 Å². The molecule has 0 aliphatic rings. The molecule has 1 aromatic rings. The molecule has 5 N–H and O–H groups in total. The number of aromatic nitrogens is 3. The molecule has 9 heteroatoms. The second kappa shape index (κ2) is 10.1. The average Bonchev–Trinajstić information content (AvgIpc) is 2.40.